The van der Waals surface area contributed by atoms with E-state index in [0.717, 1.165) is 53.7 Å². The van der Waals surface area contributed by atoms with Crippen LogP contribution in [-0.4, -0.2) is 48.0 Å². The third-order valence-corrected chi connectivity index (χ3v) is 6.92. The lowest BCUT2D eigenvalue weighted by atomic mass is 10.1. The van der Waals surface area contributed by atoms with Crippen LogP contribution in [0.25, 0.3) is 11.8 Å². The van der Waals surface area contributed by atoms with Gasteiger partial charge in [0.2, 0.25) is 10.3 Å². The van der Waals surface area contributed by atoms with Crippen molar-refractivity contribution in [1.29, 1.82) is 5.26 Å². The Morgan fingerprint density at radius 1 is 1.14 bits per heavy atom. The zero-order valence-corrected chi connectivity index (χ0v) is 21.1. The van der Waals surface area contributed by atoms with Crippen molar-refractivity contribution in [3.63, 3.8) is 0 Å². The number of hydrogen-bond donors (Lipinski definition) is 1. The minimum absolute atomic E-state index is 0.0123. The first-order chi connectivity index (χ1) is 16.9. The van der Waals surface area contributed by atoms with E-state index in [2.05, 4.69) is 20.4 Å². The molecule has 0 radical (unpaired) electrons. The molecule has 1 aliphatic rings. The van der Waals surface area contributed by atoms with E-state index in [0.29, 0.717) is 16.6 Å². The molecular weight excluding hydrogens is 464 g/mol. The van der Waals surface area contributed by atoms with Gasteiger partial charge in [0.15, 0.2) is 0 Å². The number of piperidine rings is 1. The number of ether oxygens (including phenoxy) is 2. The van der Waals surface area contributed by atoms with Crippen molar-refractivity contribution in [3.05, 3.63) is 46.8 Å². The van der Waals surface area contributed by atoms with Crippen LogP contribution in [0.15, 0.2) is 29.8 Å². The number of hydrogen-bond acceptors (Lipinski definition) is 8. The minimum Gasteiger partial charge on any atom is -0.497 e. The fourth-order valence-corrected chi connectivity index (χ4v) is 5.01. The van der Waals surface area contributed by atoms with Crippen LogP contribution < -0.4 is 19.7 Å². The molecule has 35 heavy (non-hydrogen) atoms. The predicted molar refractivity (Wildman–Crippen MR) is 137 cm³/mol. The van der Waals surface area contributed by atoms with E-state index in [1.165, 1.54) is 17.8 Å². The Morgan fingerprint density at radius 2 is 1.91 bits per heavy atom. The molecule has 9 nitrogen and oxygen atoms in total. The van der Waals surface area contributed by atoms with Crippen molar-refractivity contribution in [1.82, 2.24) is 14.8 Å². The number of nitrogens with one attached hydrogen (secondary N) is 1. The number of benzene rings is 1. The summed E-state index contributed by atoms with van der Waals surface area (Å²) < 4.78 is 12.9. The third-order valence-electron chi connectivity index (χ3n) is 6.02. The van der Waals surface area contributed by atoms with Crippen LogP contribution in [0.5, 0.6) is 11.5 Å². The number of carbonyl (C=O) groups is 1. The molecule has 1 N–H and O–H groups in total. The van der Waals surface area contributed by atoms with Crippen molar-refractivity contribution in [3.8, 4) is 23.3 Å². The molecule has 0 bridgehead atoms. The van der Waals surface area contributed by atoms with E-state index in [1.807, 2.05) is 48.7 Å². The van der Waals surface area contributed by atoms with Crippen molar-refractivity contribution in [2.75, 3.05) is 37.5 Å². The Labute approximate surface area is 208 Å². The Balaban J connectivity index is 1.57. The van der Waals surface area contributed by atoms with Crippen LogP contribution in [0.3, 0.4) is 0 Å². The van der Waals surface area contributed by atoms with E-state index in [4.69, 9.17) is 9.47 Å². The summed E-state index contributed by atoms with van der Waals surface area (Å²) in [7, 11) is 3.21. The lowest BCUT2D eigenvalue weighted by molar-refractivity contribution is -0.112. The standard InChI is InChI=1S/C25H28N6O3S/c1-16-12-18(17(2)31(16)21-9-8-20(33-3)14-22(21)34-4)13-19(15-26)23(32)27-24-28-29-25(35-24)30-10-6-5-7-11-30/h8-9,12-14H,5-7,10-11H2,1-4H3,(H,27,28,32)/b19-13-. The number of aromatic nitrogens is 3. The number of nitrogens with zero attached hydrogens (tertiary/aromatic N) is 5. The lowest BCUT2D eigenvalue weighted by Gasteiger charge is -2.25. The molecule has 1 aliphatic heterocycles. The summed E-state index contributed by atoms with van der Waals surface area (Å²) in [5.74, 6) is 0.832. The maximum absolute atomic E-state index is 12.9. The van der Waals surface area contributed by atoms with Crippen molar-refractivity contribution in [2.24, 2.45) is 0 Å². The molecule has 3 heterocycles. The number of methoxy groups -OCH3 is 2. The van der Waals surface area contributed by atoms with Gasteiger partial charge in [-0.1, -0.05) is 11.3 Å². The summed E-state index contributed by atoms with van der Waals surface area (Å²) >= 11 is 1.32. The fraction of sp³-hybridized carbons (Fsp3) is 0.360. The van der Waals surface area contributed by atoms with Gasteiger partial charge in [-0.3, -0.25) is 10.1 Å². The van der Waals surface area contributed by atoms with Gasteiger partial charge in [0.05, 0.1) is 19.9 Å². The number of amides is 1. The van der Waals surface area contributed by atoms with E-state index < -0.39 is 5.91 Å². The summed E-state index contributed by atoms with van der Waals surface area (Å²) in [6.45, 7) is 5.79. The highest BCUT2D eigenvalue weighted by Gasteiger charge is 2.19. The third kappa shape index (κ3) is 5.15. The van der Waals surface area contributed by atoms with Gasteiger partial charge in [-0.15, -0.1) is 10.2 Å². The molecule has 0 unspecified atom stereocenters. The van der Waals surface area contributed by atoms with Gasteiger partial charge in [0.25, 0.3) is 5.91 Å². The molecule has 1 fully saturated rings. The van der Waals surface area contributed by atoms with Crippen molar-refractivity contribution < 1.29 is 14.3 Å². The fourth-order valence-electron chi connectivity index (χ4n) is 4.22. The Kier molecular flexibility index (Phi) is 7.36. The lowest BCUT2D eigenvalue weighted by Crippen LogP contribution is -2.29. The monoisotopic (exact) mass is 492 g/mol. The zero-order chi connectivity index (χ0) is 24.9. The Morgan fingerprint density at radius 3 is 2.60 bits per heavy atom. The highest BCUT2D eigenvalue weighted by Crippen LogP contribution is 2.32. The van der Waals surface area contributed by atoms with E-state index in [-0.39, 0.29) is 5.57 Å². The molecule has 0 spiro atoms. The second-order valence-electron chi connectivity index (χ2n) is 8.26. The van der Waals surface area contributed by atoms with Crippen LogP contribution in [0.1, 0.15) is 36.2 Å². The van der Waals surface area contributed by atoms with Gasteiger partial charge in [0, 0.05) is 30.5 Å². The molecular formula is C25H28N6O3S. The topological polar surface area (TPSA) is 105 Å². The molecule has 3 aromatic rings. The van der Waals surface area contributed by atoms with Gasteiger partial charge in [-0.05, 0) is 62.9 Å². The molecule has 1 saturated heterocycles. The second-order valence-corrected chi connectivity index (χ2v) is 9.22. The van der Waals surface area contributed by atoms with Crippen LogP contribution in [-0.2, 0) is 4.79 Å². The highest BCUT2D eigenvalue weighted by atomic mass is 32.1. The van der Waals surface area contributed by atoms with Gasteiger partial charge in [0.1, 0.15) is 23.1 Å². The first-order valence-corrected chi connectivity index (χ1v) is 12.2. The maximum atomic E-state index is 12.9. The van der Waals surface area contributed by atoms with Gasteiger partial charge < -0.3 is 18.9 Å². The minimum atomic E-state index is -0.513. The SMILES string of the molecule is COc1ccc(-n2c(C)cc(/C=C(/C#N)C(=O)Nc3nnc(N4CCCCC4)s3)c2C)c(OC)c1. The molecule has 0 saturated carbocycles. The van der Waals surface area contributed by atoms with Crippen LogP contribution in [0.2, 0.25) is 0 Å². The second kappa shape index (κ2) is 10.6. The molecule has 0 aliphatic carbocycles. The molecule has 4 rings (SSSR count). The number of rotatable bonds is 7. The van der Waals surface area contributed by atoms with Crippen LogP contribution >= 0.6 is 11.3 Å². The molecule has 182 valence electrons. The summed E-state index contributed by atoms with van der Waals surface area (Å²) in [6.07, 6.45) is 5.07. The van der Waals surface area contributed by atoms with E-state index in [9.17, 15) is 10.1 Å². The van der Waals surface area contributed by atoms with Gasteiger partial charge >= 0.3 is 0 Å². The summed E-state index contributed by atoms with van der Waals surface area (Å²) in [6, 6.07) is 9.55. The highest BCUT2D eigenvalue weighted by molar-refractivity contribution is 7.19. The van der Waals surface area contributed by atoms with E-state index in [1.54, 1.807) is 20.3 Å². The van der Waals surface area contributed by atoms with E-state index >= 15 is 0 Å². The number of carbonyl (C=O) groups excluding carboxylic acids is 1. The Bertz CT molecular complexity index is 1300. The maximum Gasteiger partial charge on any atom is 0.268 e. The van der Waals surface area contributed by atoms with Crippen molar-refractivity contribution >= 4 is 33.6 Å². The largest absolute Gasteiger partial charge is 0.497 e. The van der Waals surface area contributed by atoms with Crippen LogP contribution in [0, 0.1) is 25.2 Å². The first kappa shape index (κ1) is 24.3. The zero-order valence-electron chi connectivity index (χ0n) is 20.3. The Hall–Kier alpha value is -3.84. The molecule has 0 atom stereocenters. The molecule has 1 aromatic carbocycles. The average Bonchev–Trinajstić information content (AvgIpc) is 3.46. The van der Waals surface area contributed by atoms with Crippen molar-refractivity contribution in [2.45, 2.75) is 33.1 Å². The normalized spacial score (nSPS) is 13.9. The summed E-state index contributed by atoms with van der Waals surface area (Å²) in [4.78, 5) is 15.0. The smallest absolute Gasteiger partial charge is 0.268 e. The summed E-state index contributed by atoms with van der Waals surface area (Å²) in [5, 5.41) is 21.9. The number of aryl methyl sites for hydroxylation is 1. The average molecular weight is 493 g/mol. The first-order valence-electron chi connectivity index (χ1n) is 11.4. The van der Waals surface area contributed by atoms with Gasteiger partial charge in [-0.25, -0.2) is 0 Å². The number of anilines is 2. The van der Waals surface area contributed by atoms with Gasteiger partial charge in [-0.2, -0.15) is 5.26 Å². The molecule has 2 aromatic heterocycles. The summed E-state index contributed by atoms with van der Waals surface area (Å²) in [5.41, 5.74) is 3.39. The molecule has 1 amide bonds. The van der Waals surface area contributed by atoms with Crippen LogP contribution in [0.4, 0.5) is 10.3 Å². The predicted octanol–water partition coefficient (Wildman–Crippen LogP) is 4.50. The quantitative estimate of drug-likeness (QED) is 0.382. The number of nitriles is 1. The molecule has 10 heteroatoms.